The second-order valence-electron chi connectivity index (χ2n) is 10.6. The van der Waals surface area contributed by atoms with Gasteiger partial charge in [-0.05, 0) is 69.0 Å². The average molecular weight is 610 g/mol. The summed E-state index contributed by atoms with van der Waals surface area (Å²) in [4.78, 5) is 29.3. The maximum Gasteiger partial charge on any atom is 0.264 e. The van der Waals surface area contributed by atoms with E-state index in [0.717, 1.165) is 27.4 Å². The molecule has 0 heterocycles. The summed E-state index contributed by atoms with van der Waals surface area (Å²) in [5.74, 6) is -0.180. The van der Waals surface area contributed by atoms with Crippen LogP contribution in [0.25, 0.3) is 0 Å². The van der Waals surface area contributed by atoms with Gasteiger partial charge in [0.15, 0.2) is 0 Å². The number of carbonyl (C=O) groups excluding carboxylic acids is 2. The summed E-state index contributed by atoms with van der Waals surface area (Å²) in [6.45, 7) is 9.07. The number of benzene rings is 3. The van der Waals surface area contributed by atoms with Crippen molar-refractivity contribution in [2.24, 2.45) is 0 Å². The zero-order valence-corrected chi connectivity index (χ0v) is 26.9. The molecule has 10 heteroatoms. The van der Waals surface area contributed by atoms with E-state index in [1.807, 2.05) is 58.9 Å². The Balaban J connectivity index is 2.16. The van der Waals surface area contributed by atoms with Crippen LogP contribution in [0.4, 0.5) is 5.69 Å². The molecule has 0 aromatic heterocycles. The van der Waals surface area contributed by atoms with Gasteiger partial charge in [0.1, 0.15) is 24.1 Å². The molecule has 0 aliphatic rings. The SMILES string of the molecule is CC[C@@H](C)NC(=O)[C@H](CC)N(Cc1ccccc1C)C(=O)CN(c1cc(OC)ccc1OC)S(=O)(=O)c1ccc(C)cc1. The number of nitrogens with one attached hydrogen (secondary N) is 1. The number of amides is 2. The van der Waals surface area contributed by atoms with E-state index in [1.54, 1.807) is 24.3 Å². The molecule has 0 unspecified atom stereocenters. The number of sulfonamides is 1. The molecule has 0 spiro atoms. The number of hydrogen-bond donors (Lipinski definition) is 1. The smallest absolute Gasteiger partial charge is 0.264 e. The second kappa shape index (κ2) is 14.9. The number of carbonyl (C=O) groups is 2. The van der Waals surface area contributed by atoms with Gasteiger partial charge >= 0.3 is 0 Å². The molecule has 232 valence electrons. The van der Waals surface area contributed by atoms with Crippen molar-refractivity contribution in [3.8, 4) is 11.5 Å². The Morgan fingerprint density at radius 2 is 1.58 bits per heavy atom. The first kappa shape index (κ1) is 33.5. The average Bonchev–Trinajstić information content (AvgIpc) is 3.00. The number of nitrogens with zero attached hydrogens (tertiary/aromatic N) is 2. The van der Waals surface area contributed by atoms with Crippen LogP contribution in [-0.2, 0) is 26.2 Å². The van der Waals surface area contributed by atoms with Crippen LogP contribution in [0.3, 0.4) is 0 Å². The van der Waals surface area contributed by atoms with Crippen molar-refractivity contribution in [3.63, 3.8) is 0 Å². The second-order valence-corrected chi connectivity index (χ2v) is 12.4. The van der Waals surface area contributed by atoms with Crippen molar-refractivity contribution >= 4 is 27.5 Å². The molecule has 0 saturated carbocycles. The maximum absolute atomic E-state index is 14.4. The predicted octanol–water partition coefficient (Wildman–Crippen LogP) is 5.24. The van der Waals surface area contributed by atoms with Gasteiger partial charge in [-0.15, -0.1) is 0 Å². The molecular formula is C33H43N3O6S. The van der Waals surface area contributed by atoms with Crippen LogP contribution >= 0.6 is 0 Å². The molecule has 0 aliphatic heterocycles. The van der Waals surface area contributed by atoms with Gasteiger partial charge in [-0.1, -0.05) is 55.8 Å². The van der Waals surface area contributed by atoms with Gasteiger partial charge in [0.05, 0.1) is 24.8 Å². The van der Waals surface area contributed by atoms with Gasteiger partial charge in [-0.3, -0.25) is 13.9 Å². The van der Waals surface area contributed by atoms with Crippen LogP contribution in [0, 0.1) is 13.8 Å². The lowest BCUT2D eigenvalue weighted by molar-refractivity contribution is -0.140. The Labute approximate surface area is 255 Å². The monoisotopic (exact) mass is 609 g/mol. The molecule has 3 aromatic carbocycles. The summed E-state index contributed by atoms with van der Waals surface area (Å²) in [5.41, 5.74) is 2.85. The number of rotatable bonds is 14. The van der Waals surface area contributed by atoms with Crippen molar-refractivity contribution in [3.05, 3.63) is 83.4 Å². The quantitative estimate of drug-likeness (QED) is 0.268. The summed E-state index contributed by atoms with van der Waals surface area (Å²) in [6.07, 6.45) is 1.07. The minimum Gasteiger partial charge on any atom is -0.497 e. The topological polar surface area (TPSA) is 105 Å². The lowest BCUT2D eigenvalue weighted by Gasteiger charge is -2.34. The van der Waals surface area contributed by atoms with E-state index in [9.17, 15) is 18.0 Å². The normalized spacial score (nSPS) is 12.6. The highest BCUT2D eigenvalue weighted by Gasteiger charge is 2.35. The Bertz CT molecular complexity index is 1510. The lowest BCUT2D eigenvalue weighted by atomic mass is 10.1. The molecule has 43 heavy (non-hydrogen) atoms. The van der Waals surface area contributed by atoms with Gasteiger partial charge in [-0.2, -0.15) is 0 Å². The van der Waals surface area contributed by atoms with Gasteiger partial charge in [0.2, 0.25) is 11.8 Å². The van der Waals surface area contributed by atoms with Crippen molar-refractivity contribution in [1.29, 1.82) is 0 Å². The molecule has 0 saturated heterocycles. The fourth-order valence-electron chi connectivity index (χ4n) is 4.67. The first-order valence-corrected chi connectivity index (χ1v) is 15.9. The van der Waals surface area contributed by atoms with Gasteiger partial charge in [0, 0.05) is 18.7 Å². The highest BCUT2D eigenvalue weighted by atomic mass is 32.2. The molecule has 2 amide bonds. The molecule has 2 atom stereocenters. The zero-order chi connectivity index (χ0) is 31.7. The van der Waals surface area contributed by atoms with E-state index in [0.29, 0.717) is 12.2 Å². The third-order valence-electron chi connectivity index (χ3n) is 7.53. The molecule has 3 rings (SSSR count). The number of ether oxygens (including phenoxy) is 2. The van der Waals surface area contributed by atoms with Crippen molar-refractivity contribution in [1.82, 2.24) is 10.2 Å². The van der Waals surface area contributed by atoms with Gasteiger partial charge in [-0.25, -0.2) is 8.42 Å². The summed E-state index contributed by atoms with van der Waals surface area (Å²) < 4.78 is 40.4. The fourth-order valence-corrected chi connectivity index (χ4v) is 6.09. The zero-order valence-electron chi connectivity index (χ0n) is 26.1. The third-order valence-corrected chi connectivity index (χ3v) is 9.31. The maximum atomic E-state index is 14.4. The first-order chi connectivity index (χ1) is 20.5. The lowest BCUT2D eigenvalue weighted by Crippen LogP contribution is -2.53. The highest BCUT2D eigenvalue weighted by Crippen LogP contribution is 2.36. The minimum absolute atomic E-state index is 0.0165. The molecule has 1 N–H and O–H groups in total. The number of anilines is 1. The summed E-state index contributed by atoms with van der Waals surface area (Å²) >= 11 is 0. The van der Waals surface area contributed by atoms with E-state index in [2.05, 4.69) is 5.32 Å². The van der Waals surface area contributed by atoms with Crippen LogP contribution in [0.2, 0.25) is 0 Å². The molecule has 9 nitrogen and oxygen atoms in total. The Morgan fingerprint density at radius 3 is 2.16 bits per heavy atom. The van der Waals surface area contributed by atoms with Crippen molar-refractivity contribution < 1.29 is 27.5 Å². The van der Waals surface area contributed by atoms with Gasteiger partial charge in [0.25, 0.3) is 10.0 Å². The Hall–Kier alpha value is -4.05. The number of aryl methyl sites for hydroxylation is 2. The largest absolute Gasteiger partial charge is 0.497 e. The first-order valence-electron chi connectivity index (χ1n) is 14.4. The fraction of sp³-hybridized carbons (Fsp3) is 0.394. The van der Waals surface area contributed by atoms with Crippen LogP contribution in [0.1, 0.15) is 50.3 Å². The van der Waals surface area contributed by atoms with Crippen LogP contribution < -0.4 is 19.1 Å². The molecule has 0 aliphatic carbocycles. The third kappa shape index (κ3) is 8.07. The molecule has 0 radical (unpaired) electrons. The summed E-state index contributed by atoms with van der Waals surface area (Å²) in [5, 5.41) is 2.99. The number of hydrogen-bond acceptors (Lipinski definition) is 6. The molecule has 0 bridgehead atoms. The standard InChI is InChI=1S/C33H43N3O6S/c1-8-25(5)34-33(38)29(9-2)35(21-26-13-11-10-12-24(26)4)32(37)22-36(30-20-27(41-6)16-19-31(30)42-7)43(39,40)28-17-14-23(3)15-18-28/h10-20,25,29H,8-9,21-22H2,1-7H3,(H,34,38)/t25-,29+/m1/s1. The minimum atomic E-state index is -4.26. The van der Waals surface area contributed by atoms with Crippen molar-refractivity contribution in [2.75, 3.05) is 25.1 Å². The van der Waals surface area contributed by atoms with Crippen LogP contribution in [-0.4, -0.2) is 58.0 Å². The van der Waals surface area contributed by atoms with Crippen LogP contribution in [0.15, 0.2) is 71.6 Å². The Morgan fingerprint density at radius 1 is 0.907 bits per heavy atom. The van der Waals surface area contributed by atoms with Crippen molar-refractivity contribution in [2.45, 2.75) is 71.0 Å². The molecule has 0 fully saturated rings. The Kier molecular flexibility index (Phi) is 11.6. The van der Waals surface area contributed by atoms with E-state index < -0.39 is 28.5 Å². The highest BCUT2D eigenvalue weighted by molar-refractivity contribution is 7.92. The van der Waals surface area contributed by atoms with Gasteiger partial charge < -0.3 is 19.7 Å². The molecule has 3 aromatic rings. The number of methoxy groups -OCH3 is 2. The van der Waals surface area contributed by atoms with Crippen LogP contribution in [0.5, 0.6) is 11.5 Å². The summed E-state index contributed by atoms with van der Waals surface area (Å²) in [6, 6.07) is 17.9. The van der Waals surface area contributed by atoms with E-state index >= 15 is 0 Å². The van der Waals surface area contributed by atoms with E-state index in [-0.39, 0.29) is 34.8 Å². The van der Waals surface area contributed by atoms with E-state index in [4.69, 9.17) is 9.47 Å². The van der Waals surface area contributed by atoms with E-state index in [1.165, 1.54) is 37.3 Å². The molecular weight excluding hydrogens is 566 g/mol. The summed E-state index contributed by atoms with van der Waals surface area (Å²) in [7, 11) is -1.36. The predicted molar refractivity (Wildman–Crippen MR) is 169 cm³/mol.